The van der Waals surface area contributed by atoms with Crippen molar-refractivity contribution in [3.8, 4) is 0 Å². The molecule has 98 valence electrons. The molecule has 3 saturated carbocycles. The van der Waals surface area contributed by atoms with E-state index in [0.717, 1.165) is 29.6 Å². The fourth-order valence-electron chi connectivity index (χ4n) is 5.11. The lowest BCUT2D eigenvalue weighted by molar-refractivity contribution is 0.343. The Morgan fingerprint density at radius 1 is 1.12 bits per heavy atom. The van der Waals surface area contributed by atoms with Crippen LogP contribution in [0.2, 0.25) is 0 Å². The Bertz CT molecular complexity index is 250. The van der Waals surface area contributed by atoms with Crippen LogP contribution in [-0.4, -0.2) is 6.04 Å². The Kier molecular flexibility index (Phi) is 3.45. The van der Waals surface area contributed by atoms with E-state index in [9.17, 15) is 0 Å². The van der Waals surface area contributed by atoms with Gasteiger partial charge in [0.1, 0.15) is 0 Å². The summed E-state index contributed by atoms with van der Waals surface area (Å²) in [5, 5.41) is 0. The number of hydrazine groups is 1. The van der Waals surface area contributed by atoms with Crippen molar-refractivity contribution in [1.82, 2.24) is 5.43 Å². The predicted molar refractivity (Wildman–Crippen MR) is 71.2 cm³/mol. The lowest BCUT2D eigenvalue weighted by Crippen LogP contribution is -2.38. The molecule has 3 aliphatic rings. The number of unbranched alkanes of at least 4 members (excludes halogenated alkanes) is 3. The van der Waals surface area contributed by atoms with E-state index in [1.54, 1.807) is 6.42 Å². The molecule has 0 heterocycles. The molecule has 0 aromatic heterocycles. The van der Waals surface area contributed by atoms with Crippen molar-refractivity contribution in [2.45, 2.75) is 64.3 Å². The zero-order valence-electron chi connectivity index (χ0n) is 11.2. The van der Waals surface area contributed by atoms with Gasteiger partial charge in [-0.2, -0.15) is 0 Å². The zero-order valence-corrected chi connectivity index (χ0v) is 11.2. The SMILES string of the molecule is CCCCCCC(NN)C1C2C3CCC(C3)C21. The summed E-state index contributed by atoms with van der Waals surface area (Å²) in [6.07, 6.45) is 11.4. The van der Waals surface area contributed by atoms with Gasteiger partial charge in [0.15, 0.2) is 0 Å². The first kappa shape index (κ1) is 12.0. The van der Waals surface area contributed by atoms with Gasteiger partial charge in [-0.1, -0.05) is 32.6 Å². The van der Waals surface area contributed by atoms with Crippen molar-refractivity contribution >= 4 is 0 Å². The monoisotopic (exact) mass is 236 g/mol. The fraction of sp³-hybridized carbons (Fsp3) is 1.00. The van der Waals surface area contributed by atoms with E-state index in [4.69, 9.17) is 5.84 Å². The highest BCUT2D eigenvalue weighted by Crippen LogP contribution is 2.70. The molecule has 3 fully saturated rings. The van der Waals surface area contributed by atoms with Crippen LogP contribution in [0.3, 0.4) is 0 Å². The quantitative estimate of drug-likeness (QED) is 0.405. The lowest BCUT2D eigenvalue weighted by atomic mass is 9.94. The zero-order chi connectivity index (χ0) is 11.8. The van der Waals surface area contributed by atoms with Gasteiger partial charge in [-0.15, -0.1) is 0 Å². The van der Waals surface area contributed by atoms with Crippen molar-refractivity contribution in [2.75, 3.05) is 0 Å². The molecule has 3 rings (SSSR count). The third kappa shape index (κ3) is 2.04. The van der Waals surface area contributed by atoms with Crippen LogP contribution >= 0.6 is 0 Å². The molecule has 0 aromatic carbocycles. The minimum atomic E-state index is 0.630. The first-order valence-corrected chi connectivity index (χ1v) is 7.83. The van der Waals surface area contributed by atoms with Crippen LogP contribution in [-0.2, 0) is 0 Å². The molecule has 0 spiro atoms. The van der Waals surface area contributed by atoms with Gasteiger partial charge in [0.05, 0.1) is 0 Å². The lowest BCUT2D eigenvalue weighted by Gasteiger charge is -2.19. The molecule has 3 N–H and O–H groups in total. The summed E-state index contributed by atoms with van der Waals surface area (Å²) >= 11 is 0. The topological polar surface area (TPSA) is 38.0 Å². The first-order valence-electron chi connectivity index (χ1n) is 7.83. The van der Waals surface area contributed by atoms with Crippen molar-refractivity contribution in [2.24, 2.45) is 35.4 Å². The van der Waals surface area contributed by atoms with Crippen LogP contribution in [0, 0.1) is 29.6 Å². The summed E-state index contributed by atoms with van der Waals surface area (Å²) in [7, 11) is 0. The summed E-state index contributed by atoms with van der Waals surface area (Å²) in [5.41, 5.74) is 3.14. The minimum absolute atomic E-state index is 0.630. The molecule has 0 radical (unpaired) electrons. The average Bonchev–Trinajstić information content (AvgIpc) is 2.79. The van der Waals surface area contributed by atoms with Gasteiger partial charge >= 0.3 is 0 Å². The van der Waals surface area contributed by atoms with Crippen molar-refractivity contribution in [1.29, 1.82) is 0 Å². The van der Waals surface area contributed by atoms with Gasteiger partial charge in [-0.3, -0.25) is 11.3 Å². The van der Waals surface area contributed by atoms with E-state index in [1.165, 1.54) is 44.9 Å². The van der Waals surface area contributed by atoms with E-state index >= 15 is 0 Å². The maximum atomic E-state index is 5.79. The van der Waals surface area contributed by atoms with E-state index in [-0.39, 0.29) is 0 Å². The summed E-state index contributed by atoms with van der Waals surface area (Å²) in [6.45, 7) is 2.28. The van der Waals surface area contributed by atoms with Crippen molar-refractivity contribution in [3.63, 3.8) is 0 Å². The van der Waals surface area contributed by atoms with E-state index < -0.39 is 0 Å². The number of hydrogen-bond acceptors (Lipinski definition) is 2. The molecular weight excluding hydrogens is 208 g/mol. The van der Waals surface area contributed by atoms with Crippen LogP contribution in [0.5, 0.6) is 0 Å². The third-order valence-corrected chi connectivity index (χ3v) is 5.84. The van der Waals surface area contributed by atoms with Crippen LogP contribution in [0.1, 0.15) is 58.3 Å². The van der Waals surface area contributed by atoms with Gasteiger partial charge < -0.3 is 0 Å². The number of rotatable bonds is 7. The van der Waals surface area contributed by atoms with Gasteiger partial charge in [-0.25, -0.2) is 0 Å². The molecule has 0 aliphatic heterocycles. The summed E-state index contributed by atoms with van der Waals surface area (Å²) < 4.78 is 0. The smallest absolute Gasteiger partial charge is 0.0244 e. The van der Waals surface area contributed by atoms with Gasteiger partial charge in [0.25, 0.3) is 0 Å². The fourth-order valence-corrected chi connectivity index (χ4v) is 5.11. The standard InChI is InChI=1S/C15H28N2/c1-2-3-4-5-6-12(17-16)15-13-10-7-8-11(9-10)14(13)15/h10-15,17H,2-9,16H2,1H3. The Morgan fingerprint density at radius 2 is 1.82 bits per heavy atom. The maximum Gasteiger partial charge on any atom is 0.0244 e. The molecule has 0 aromatic rings. The largest absolute Gasteiger partial charge is 0.271 e. The number of nitrogens with one attached hydrogen (secondary N) is 1. The summed E-state index contributed by atoms with van der Waals surface area (Å²) in [5.74, 6) is 11.1. The molecule has 0 saturated heterocycles. The molecule has 0 amide bonds. The van der Waals surface area contributed by atoms with E-state index in [2.05, 4.69) is 12.3 Å². The molecule has 17 heavy (non-hydrogen) atoms. The second kappa shape index (κ2) is 4.89. The summed E-state index contributed by atoms with van der Waals surface area (Å²) in [4.78, 5) is 0. The van der Waals surface area contributed by atoms with Gasteiger partial charge in [0.2, 0.25) is 0 Å². The molecular formula is C15H28N2. The Balaban J connectivity index is 1.47. The molecule has 2 nitrogen and oxygen atoms in total. The Hall–Kier alpha value is -0.0800. The van der Waals surface area contributed by atoms with Crippen molar-refractivity contribution < 1.29 is 0 Å². The van der Waals surface area contributed by atoms with Crippen LogP contribution in [0.4, 0.5) is 0 Å². The highest BCUT2D eigenvalue weighted by atomic mass is 15.2. The Morgan fingerprint density at radius 3 is 2.41 bits per heavy atom. The molecule has 5 unspecified atom stereocenters. The van der Waals surface area contributed by atoms with Crippen LogP contribution in [0.25, 0.3) is 0 Å². The number of fused-ring (bicyclic) bond motifs is 5. The number of nitrogens with two attached hydrogens (primary N) is 1. The maximum absolute atomic E-state index is 5.79. The predicted octanol–water partition coefficient (Wildman–Crippen LogP) is 3.08. The highest BCUT2D eigenvalue weighted by Gasteiger charge is 2.66. The first-order chi connectivity index (χ1) is 8.36. The second-order valence-corrected chi connectivity index (χ2v) is 6.69. The van der Waals surface area contributed by atoms with Crippen molar-refractivity contribution in [3.05, 3.63) is 0 Å². The minimum Gasteiger partial charge on any atom is -0.271 e. The van der Waals surface area contributed by atoms with Crippen LogP contribution in [0.15, 0.2) is 0 Å². The molecule has 2 heteroatoms. The number of hydrogen-bond donors (Lipinski definition) is 2. The van der Waals surface area contributed by atoms with E-state index in [0.29, 0.717) is 6.04 Å². The third-order valence-electron chi connectivity index (χ3n) is 5.84. The van der Waals surface area contributed by atoms with Crippen LogP contribution < -0.4 is 11.3 Å². The highest BCUT2D eigenvalue weighted by molar-refractivity contribution is 5.15. The molecule has 3 aliphatic carbocycles. The molecule has 5 atom stereocenters. The normalized spacial score (nSPS) is 43.8. The average molecular weight is 236 g/mol. The summed E-state index contributed by atoms with van der Waals surface area (Å²) in [6, 6.07) is 0.630. The Labute approximate surface area is 106 Å². The second-order valence-electron chi connectivity index (χ2n) is 6.69. The van der Waals surface area contributed by atoms with Gasteiger partial charge in [0, 0.05) is 6.04 Å². The molecule has 2 bridgehead atoms. The van der Waals surface area contributed by atoms with Gasteiger partial charge in [-0.05, 0) is 55.3 Å². The van der Waals surface area contributed by atoms with E-state index in [1.807, 2.05) is 0 Å².